The van der Waals surface area contributed by atoms with Gasteiger partial charge in [-0.05, 0) is 32.0 Å². The monoisotopic (exact) mass is 245 g/mol. The third kappa shape index (κ3) is 2.96. The van der Waals surface area contributed by atoms with Crippen LogP contribution in [0.4, 0.5) is 0 Å². The Morgan fingerprint density at radius 1 is 1.41 bits per heavy atom. The minimum atomic E-state index is 0.407. The van der Waals surface area contributed by atoms with E-state index in [-0.39, 0.29) is 0 Å². The minimum absolute atomic E-state index is 0.407. The molecule has 2 rings (SSSR count). The highest BCUT2D eigenvalue weighted by molar-refractivity contribution is 7.12. The number of aromatic nitrogens is 2. The number of aryl methyl sites for hydroxylation is 2. The van der Waals surface area contributed by atoms with Gasteiger partial charge in [-0.15, -0.1) is 11.3 Å². The van der Waals surface area contributed by atoms with Crippen LogP contribution in [0, 0.1) is 25.7 Å². The normalized spacial score (nSPS) is 10.1. The Morgan fingerprint density at radius 3 is 2.88 bits per heavy atom. The number of nitrogens with zero attached hydrogens (tertiary/aromatic N) is 2. The molecule has 0 aliphatic rings. The molecule has 2 heterocycles. The lowest BCUT2D eigenvalue weighted by atomic mass is 10.4. The van der Waals surface area contributed by atoms with E-state index in [1.54, 1.807) is 11.3 Å². The first-order valence-corrected chi connectivity index (χ1v) is 6.29. The Balaban J connectivity index is 2.14. The third-order valence-corrected chi connectivity index (χ3v) is 3.37. The fourth-order valence-corrected chi connectivity index (χ4v) is 2.52. The molecule has 0 amide bonds. The largest absolute Gasteiger partial charge is 0.320 e. The van der Waals surface area contributed by atoms with E-state index in [0.717, 1.165) is 17.1 Å². The molecule has 3 nitrogen and oxygen atoms in total. The standard InChI is InChI=1S/C13H15N3S/c1-10-8-11(2)16(15-10)9-13-6-5-12(17-13)4-3-7-14/h5-6,8H,7,9,14H2,1-2H3. The fourth-order valence-electron chi connectivity index (χ4n) is 1.65. The topological polar surface area (TPSA) is 43.8 Å². The van der Waals surface area contributed by atoms with Gasteiger partial charge in [0.25, 0.3) is 0 Å². The maximum absolute atomic E-state index is 5.35. The van der Waals surface area contributed by atoms with Crippen LogP contribution in [0.3, 0.4) is 0 Å². The van der Waals surface area contributed by atoms with Gasteiger partial charge >= 0.3 is 0 Å². The van der Waals surface area contributed by atoms with Gasteiger partial charge in [-0.3, -0.25) is 4.68 Å². The zero-order chi connectivity index (χ0) is 12.3. The molecule has 0 atom stereocenters. The average molecular weight is 245 g/mol. The lowest BCUT2D eigenvalue weighted by Crippen LogP contribution is -2.02. The van der Waals surface area contributed by atoms with Crippen LogP contribution in [0.5, 0.6) is 0 Å². The van der Waals surface area contributed by atoms with Crippen molar-refractivity contribution in [3.05, 3.63) is 39.3 Å². The molecule has 0 unspecified atom stereocenters. The van der Waals surface area contributed by atoms with Crippen molar-refractivity contribution in [3.63, 3.8) is 0 Å². The quantitative estimate of drug-likeness (QED) is 0.821. The molecule has 0 saturated heterocycles. The van der Waals surface area contributed by atoms with Crippen LogP contribution in [-0.4, -0.2) is 16.3 Å². The van der Waals surface area contributed by atoms with Gasteiger partial charge in [0, 0.05) is 10.6 Å². The van der Waals surface area contributed by atoms with Gasteiger partial charge < -0.3 is 5.73 Å². The van der Waals surface area contributed by atoms with Crippen LogP contribution < -0.4 is 5.73 Å². The summed E-state index contributed by atoms with van der Waals surface area (Å²) in [5.41, 5.74) is 7.59. The summed E-state index contributed by atoms with van der Waals surface area (Å²) in [5, 5.41) is 4.44. The Bertz CT molecular complexity index is 569. The van der Waals surface area contributed by atoms with E-state index in [1.807, 2.05) is 17.7 Å². The first kappa shape index (κ1) is 11.9. The summed E-state index contributed by atoms with van der Waals surface area (Å²) < 4.78 is 2.02. The number of hydrogen-bond donors (Lipinski definition) is 1. The average Bonchev–Trinajstić information content (AvgIpc) is 2.84. The molecule has 88 valence electrons. The van der Waals surface area contributed by atoms with Crippen LogP contribution in [0.1, 0.15) is 21.1 Å². The molecule has 0 radical (unpaired) electrons. The highest BCUT2D eigenvalue weighted by Crippen LogP contribution is 2.17. The number of hydrogen-bond acceptors (Lipinski definition) is 3. The van der Waals surface area contributed by atoms with Crippen molar-refractivity contribution < 1.29 is 0 Å². The molecule has 0 bridgehead atoms. The number of thiophene rings is 1. The highest BCUT2D eigenvalue weighted by Gasteiger charge is 2.03. The lowest BCUT2D eigenvalue weighted by molar-refractivity contribution is 0.666. The van der Waals surface area contributed by atoms with Crippen LogP contribution in [-0.2, 0) is 6.54 Å². The molecule has 0 saturated carbocycles. The summed E-state index contributed by atoms with van der Waals surface area (Å²) in [4.78, 5) is 2.32. The van der Waals surface area contributed by atoms with Crippen LogP contribution in [0.25, 0.3) is 0 Å². The Morgan fingerprint density at radius 2 is 2.24 bits per heavy atom. The third-order valence-electron chi connectivity index (χ3n) is 2.38. The predicted octanol–water partition coefficient (Wildman–Crippen LogP) is 1.92. The maximum atomic E-state index is 5.35. The fraction of sp³-hybridized carbons (Fsp3) is 0.308. The van der Waals surface area contributed by atoms with Gasteiger partial charge in [-0.2, -0.15) is 5.10 Å². The second-order valence-electron chi connectivity index (χ2n) is 3.86. The van der Waals surface area contributed by atoms with Gasteiger partial charge in [0.05, 0.1) is 23.7 Å². The smallest absolute Gasteiger partial charge is 0.0772 e. The molecule has 0 spiro atoms. The zero-order valence-electron chi connectivity index (χ0n) is 10.0. The van der Waals surface area contributed by atoms with E-state index in [0.29, 0.717) is 6.54 Å². The Hall–Kier alpha value is -1.57. The van der Waals surface area contributed by atoms with Crippen molar-refractivity contribution in [2.45, 2.75) is 20.4 Å². The molecule has 2 aromatic rings. The van der Waals surface area contributed by atoms with Gasteiger partial charge in [-0.25, -0.2) is 0 Å². The van der Waals surface area contributed by atoms with E-state index in [4.69, 9.17) is 5.73 Å². The van der Waals surface area contributed by atoms with Gasteiger partial charge in [0.15, 0.2) is 0 Å². The van der Waals surface area contributed by atoms with E-state index >= 15 is 0 Å². The molecular weight excluding hydrogens is 230 g/mol. The number of nitrogens with two attached hydrogens (primary N) is 1. The molecule has 2 N–H and O–H groups in total. The molecule has 0 fully saturated rings. The first-order chi connectivity index (χ1) is 8.19. The minimum Gasteiger partial charge on any atom is -0.320 e. The van der Waals surface area contributed by atoms with Gasteiger partial charge in [-0.1, -0.05) is 11.8 Å². The molecule has 0 aromatic carbocycles. The van der Waals surface area contributed by atoms with Crippen molar-refractivity contribution in [2.24, 2.45) is 5.73 Å². The van der Waals surface area contributed by atoms with E-state index in [1.165, 1.54) is 10.6 Å². The SMILES string of the molecule is Cc1cc(C)n(Cc2ccc(C#CCN)s2)n1. The summed E-state index contributed by atoms with van der Waals surface area (Å²) in [5.74, 6) is 5.91. The lowest BCUT2D eigenvalue weighted by Gasteiger charge is -2.00. The van der Waals surface area contributed by atoms with Crippen molar-refractivity contribution in [3.8, 4) is 11.8 Å². The molecule has 2 aromatic heterocycles. The van der Waals surface area contributed by atoms with Crippen LogP contribution >= 0.6 is 11.3 Å². The summed E-state index contributed by atoms with van der Waals surface area (Å²) in [6.07, 6.45) is 0. The molecule has 0 aliphatic heterocycles. The van der Waals surface area contributed by atoms with Gasteiger partial charge in [0.2, 0.25) is 0 Å². The summed E-state index contributed by atoms with van der Waals surface area (Å²) in [6, 6.07) is 6.22. The zero-order valence-corrected chi connectivity index (χ0v) is 10.8. The predicted molar refractivity (Wildman–Crippen MR) is 71.1 cm³/mol. The summed E-state index contributed by atoms with van der Waals surface area (Å²) in [6.45, 7) is 5.30. The van der Waals surface area contributed by atoms with Crippen molar-refractivity contribution in [1.82, 2.24) is 9.78 Å². The second-order valence-corrected chi connectivity index (χ2v) is 5.02. The van der Waals surface area contributed by atoms with E-state index in [2.05, 4.69) is 36.0 Å². The molecule has 0 aliphatic carbocycles. The Labute approximate surface area is 105 Å². The van der Waals surface area contributed by atoms with Crippen molar-refractivity contribution >= 4 is 11.3 Å². The van der Waals surface area contributed by atoms with Crippen molar-refractivity contribution in [2.75, 3.05) is 6.54 Å². The van der Waals surface area contributed by atoms with E-state index < -0.39 is 0 Å². The second kappa shape index (κ2) is 5.17. The maximum Gasteiger partial charge on any atom is 0.0772 e. The molecule has 17 heavy (non-hydrogen) atoms. The van der Waals surface area contributed by atoms with Gasteiger partial charge in [0.1, 0.15) is 0 Å². The van der Waals surface area contributed by atoms with E-state index in [9.17, 15) is 0 Å². The summed E-state index contributed by atoms with van der Waals surface area (Å²) >= 11 is 1.70. The van der Waals surface area contributed by atoms with Crippen molar-refractivity contribution in [1.29, 1.82) is 0 Å². The first-order valence-electron chi connectivity index (χ1n) is 5.48. The number of rotatable bonds is 2. The summed E-state index contributed by atoms with van der Waals surface area (Å²) in [7, 11) is 0. The molecular formula is C13H15N3S. The van der Waals surface area contributed by atoms with Crippen LogP contribution in [0.15, 0.2) is 18.2 Å². The highest BCUT2D eigenvalue weighted by atomic mass is 32.1. The Kier molecular flexibility index (Phi) is 3.62. The molecule has 4 heteroatoms. The van der Waals surface area contributed by atoms with Crippen LogP contribution in [0.2, 0.25) is 0 Å².